The standard InChI is InChI=1S/C9H18O9P2.C8H18O10P2/c1-6-8(15-2)9(18-20(13,14)16-3)7(17-6)4-5-19(10,11)12;1-5-7(14-2)8(18-20(12,13)15-3)6(17-5)4-16-19(9,10)11/h4-9H,1-3H3,(H,13,14)(H2,10,11,12);5-8H,4H2,1-3H3,(H,12,13)(H2,9,10,11)/p-2/b5-4+;/t6-,7+,8?,9-;5-,6+,7?,8-/m00/s1. The zero-order chi connectivity index (χ0) is 31.1. The predicted octanol–water partition coefficient (Wildman–Crippen LogP) is -0.622. The summed E-state index contributed by atoms with van der Waals surface area (Å²) in [6.07, 6.45) is -5.74. The second-order valence-corrected chi connectivity index (χ2v) is 13.9. The van der Waals surface area contributed by atoms with Crippen molar-refractivity contribution in [3.63, 3.8) is 0 Å². The van der Waals surface area contributed by atoms with Crippen molar-refractivity contribution < 1.29 is 89.2 Å². The van der Waals surface area contributed by atoms with Gasteiger partial charge in [-0.05, 0) is 19.9 Å². The Labute approximate surface area is 230 Å². The fraction of sp³-hybridized carbons (Fsp3) is 0.882. The summed E-state index contributed by atoms with van der Waals surface area (Å²) in [7, 11) is -13.7. The quantitative estimate of drug-likeness (QED) is 0.178. The fourth-order valence-electron chi connectivity index (χ4n) is 3.71. The van der Waals surface area contributed by atoms with Crippen molar-refractivity contribution >= 4 is 31.1 Å². The van der Waals surface area contributed by atoms with E-state index in [-0.39, 0.29) is 0 Å². The molecular formula is C17H34O19P4-2. The molecule has 2 saturated heterocycles. The molecule has 238 valence electrons. The lowest BCUT2D eigenvalue weighted by atomic mass is 10.1. The van der Waals surface area contributed by atoms with Crippen molar-refractivity contribution in [3.8, 4) is 0 Å². The van der Waals surface area contributed by atoms with Crippen LogP contribution >= 0.6 is 31.1 Å². The smallest absolute Gasteiger partial charge is 0.469 e. The van der Waals surface area contributed by atoms with E-state index in [0.29, 0.717) is 5.82 Å². The number of ether oxygens (including phenoxy) is 4. The SMILES string of the molecule is COC1[C@H](C)O[C@H](/C=C/P(=O)(O)O)[C@@H]1OP(=O)([O-])OC.COC1[C@H](C)O[C@H](COP(=O)(O)O)[C@@H]1OP(=O)([O-])OC. The Morgan fingerprint density at radius 2 is 1.20 bits per heavy atom. The molecule has 19 nitrogen and oxygen atoms in total. The van der Waals surface area contributed by atoms with E-state index in [1.807, 2.05) is 0 Å². The predicted molar refractivity (Wildman–Crippen MR) is 128 cm³/mol. The highest BCUT2D eigenvalue weighted by Gasteiger charge is 2.46. The average Bonchev–Trinajstić information content (AvgIpc) is 3.29. The van der Waals surface area contributed by atoms with Crippen LogP contribution in [0.1, 0.15) is 13.8 Å². The minimum atomic E-state index is -4.71. The third-order valence-electron chi connectivity index (χ3n) is 5.39. The molecule has 4 unspecified atom stereocenters. The van der Waals surface area contributed by atoms with E-state index in [9.17, 15) is 28.0 Å². The molecule has 0 saturated carbocycles. The van der Waals surface area contributed by atoms with Gasteiger partial charge in [-0.3, -0.25) is 18.2 Å². The van der Waals surface area contributed by atoms with Gasteiger partial charge in [-0.25, -0.2) is 4.57 Å². The minimum Gasteiger partial charge on any atom is -0.756 e. The second-order valence-electron chi connectivity index (χ2n) is 8.20. The Hall–Kier alpha value is 0.0600. The van der Waals surface area contributed by atoms with Gasteiger partial charge in [0.05, 0.1) is 18.8 Å². The van der Waals surface area contributed by atoms with Gasteiger partial charge < -0.3 is 66.4 Å². The Morgan fingerprint density at radius 3 is 1.62 bits per heavy atom. The normalized spacial score (nSPS) is 34.3. The average molecular weight is 666 g/mol. The molecule has 0 aliphatic carbocycles. The largest absolute Gasteiger partial charge is 0.756 e. The van der Waals surface area contributed by atoms with Gasteiger partial charge in [0, 0.05) is 34.3 Å². The van der Waals surface area contributed by atoms with Crippen molar-refractivity contribution in [2.24, 2.45) is 0 Å². The van der Waals surface area contributed by atoms with Gasteiger partial charge in [0.2, 0.25) is 0 Å². The van der Waals surface area contributed by atoms with E-state index in [1.54, 1.807) is 13.8 Å². The molecular weight excluding hydrogens is 632 g/mol. The van der Waals surface area contributed by atoms with E-state index in [2.05, 4.69) is 13.6 Å². The maximum absolute atomic E-state index is 11.4. The molecule has 2 heterocycles. The van der Waals surface area contributed by atoms with Crippen molar-refractivity contribution in [3.05, 3.63) is 11.9 Å². The van der Waals surface area contributed by atoms with Crippen LogP contribution in [0.25, 0.3) is 0 Å². The lowest BCUT2D eigenvalue weighted by Gasteiger charge is -2.29. The molecule has 0 radical (unpaired) electrons. The summed E-state index contributed by atoms with van der Waals surface area (Å²) in [5, 5.41) is 0. The topological polar surface area (TPSA) is 278 Å². The lowest BCUT2D eigenvalue weighted by molar-refractivity contribution is -0.232. The molecule has 2 aliphatic rings. The summed E-state index contributed by atoms with van der Waals surface area (Å²) >= 11 is 0. The first kappa shape index (κ1) is 38.1. The number of methoxy groups -OCH3 is 2. The Bertz CT molecular complexity index is 1010. The van der Waals surface area contributed by atoms with E-state index in [4.69, 9.17) is 47.6 Å². The summed E-state index contributed by atoms with van der Waals surface area (Å²) in [4.78, 5) is 57.6. The molecule has 0 aromatic heterocycles. The molecule has 0 bridgehead atoms. The van der Waals surface area contributed by atoms with Gasteiger partial charge in [0.1, 0.15) is 36.6 Å². The maximum Gasteiger partial charge on any atom is 0.469 e. The monoisotopic (exact) mass is 666 g/mol. The zero-order valence-electron chi connectivity index (χ0n) is 22.2. The van der Waals surface area contributed by atoms with E-state index < -0.39 is 86.5 Å². The molecule has 2 aliphatic heterocycles. The molecule has 2 rings (SSSR count). The first-order valence-electron chi connectivity index (χ1n) is 11.1. The first-order valence-corrected chi connectivity index (χ1v) is 17.2. The van der Waals surface area contributed by atoms with Crippen LogP contribution in [0.2, 0.25) is 0 Å². The maximum atomic E-state index is 11.4. The fourth-order valence-corrected chi connectivity index (χ4v) is 5.71. The van der Waals surface area contributed by atoms with Gasteiger partial charge >= 0.3 is 15.4 Å². The summed E-state index contributed by atoms with van der Waals surface area (Å²) in [5.41, 5.74) is 0. The van der Waals surface area contributed by atoms with Crippen LogP contribution in [0.3, 0.4) is 0 Å². The molecule has 40 heavy (non-hydrogen) atoms. The molecule has 4 N–H and O–H groups in total. The van der Waals surface area contributed by atoms with Crippen LogP contribution < -0.4 is 9.79 Å². The summed E-state index contributed by atoms with van der Waals surface area (Å²) < 4.78 is 87.4. The van der Waals surface area contributed by atoms with Gasteiger partial charge in [-0.2, -0.15) is 0 Å². The van der Waals surface area contributed by atoms with Crippen LogP contribution in [-0.4, -0.2) is 103 Å². The van der Waals surface area contributed by atoms with Crippen LogP contribution in [0.5, 0.6) is 0 Å². The van der Waals surface area contributed by atoms with Crippen molar-refractivity contribution in [2.45, 2.75) is 62.7 Å². The number of phosphoric acid groups is 3. The minimum absolute atomic E-state index is 0.520. The summed E-state index contributed by atoms with van der Waals surface area (Å²) in [6, 6.07) is 0. The van der Waals surface area contributed by atoms with E-state index in [1.165, 1.54) is 14.2 Å². The van der Waals surface area contributed by atoms with Crippen molar-refractivity contribution in [1.29, 1.82) is 0 Å². The van der Waals surface area contributed by atoms with Gasteiger partial charge in [0.15, 0.2) is 0 Å². The third-order valence-corrected chi connectivity index (χ3v) is 8.34. The number of rotatable bonds is 13. The van der Waals surface area contributed by atoms with Crippen molar-refractivity contribution in [2.75, 3.05) is 35.0 Å². The number of phosphoric ester groups is 3. The van der Waals surface area contributed by atoms with Crippen LogP contribution in [0.4, 0.5) is 0 Å². The molecule has 2 fully saturated rings. The molecule has 0 amide bonds. The molecule has 0 aromatic rings. The molecule has 0 aromatic carbocycles. The van der Waals surface area contributed by atoms with E-state index in [0.717, 1.165) is 20.3 Å². The van der Waals surface area contributed by atoms with Gasteiger partial charge in [-0.15, -0.1) is 0 Å². The highest BCUT2D eigenvalue weighted by atomic mass is 31.2. The number of hydrogen-bond donors (Lipinski definition) is 4. The summed E-state index contributed by atoms with van der Waals surface area (Å²) in [6.45, 7) is 2.67. The second kappa shape index (κ2) is 15.7. The third kappa shape index (κ3) is 12.7. The highest BCUT2D eigenvalue weighted by Crippen LogP contribution is 2.45. The van der Waals surface area contributed by atoms with Crippen LogP contribution in [0.15, 0.2) is 11.9 Å². The lowest BCUT2D eigenvalue weighted by Crippen LogP contribution is -2.38. The zero-order valence-corrected chi connectivity index (χ0v) is 25.8. The van der Waals surface area contributed by atoms with Crippen LogP contribution in [-0.2, 0) is 59.8 Å². The van der Waals surface area contributed by atoms with E-state index >= 15 is 0 Å². The van der Waals surface area contributed by atoms with Crippen LogP contribution in [0, 0.1) is 0 Å². The Kier molecular flexibility index (Phi) is 14.9. The highest BCUT2D eigenvalue weighted by molar-refractivity contribution is 7.55. The molecule has 10 atom stereocenters. The molecule has 23 heteroatoms. The Morgan fingerprint density at radius 1 is 0.750 bits per heavy atom. The van der Waals surface area contributed by atoms with Gasteiger partial charge in [-0.1, -0.05) is 0 Å². The van der Waals surface area contributed by atoms with Crippen molar-refractivity contribution in [1.82, 2.24) is 0 Å². The number of hydrogen-bond acceptors (Lipinski definition) is 15. The Balaban J connectivity index is 0.000000400. The first-order chi connectivity index (χ1) is 18.2. The summed E-state index contributed by atoms with van der Waals surface area (Å²) in [5.74, 6) is 0.626. The molecule has 0 spiro atoms. The van der Waals surface area contributed by atoms with Gasteiger partial charge in [0.25, 0.3) is 15.6 Å².